The first-order valence-corrected chi connectivity index (χ1v) is 14.1. The summed E-state index contributed by atoms with van der Waals surface area (Å²) in [5.74, 6) is 0. The average molecular weight is 512 g/mol. The van der Waals surface area contributed by atoms with Gasteiger partial charge in [0.05, 0.1) is 5.41 Å². The number of anilines is 2. The number of nitrogens with zero attached hydrogens (tertiary/aromatic N) is 1. The molecule has 0 aromatic heterocycles. The van der Waals surface area contributed by atoms with Gasteiger partial charge in [-0.1, -0.05) is 127 Å². The highest BCUT2D eigenvalue weighted by Crippen LogP contribution is 2.59. The van der Waals surface area contributed by atoms with Gasteiger partial charge in [0.2, 0.25) is 0 Å². The summed E-state index contributed by atoms with van der Waals surface area (Å²) in [6.07, 6.45) is 0.947. The maximum atomic E-state index is 2.46. The van der Waals surface area contributed by atoms with E-state index in [9.17, 15) is 0 Å². The van der Waals surface area contributed by atoms with Crippen LogP contribution in [0.2, 0.25) is 0 Å². The molecule has 0 fully saturated rings. The van der Waals surface area contributed by atoms with E-state index in [0.29, 0.717) is 0 Å². The van der Waals surface area contributed by atoms with Crippen molar-refractivity contribution >= 4 is 11.4 Å². The van der Waals surface area contributed by atoms with E-state index in [1.165, 1.54) is 67.0 Å². The van der Waals surface area contributed by atoms with Crippen molar-refractivity contribution in [1.29, 1.82) is 0 Å². The van der Waals surface area contributed by atoms with Crippen LogP contribution in [-0.4, -0.2) is 7.05 Å². The highest BCUT2D eigenvalue weighted by atomic mass is 15.1. The summed E-state index contributed by atoms with van der Waals surface area (Å²) < 4.78 is 0. The summed E-state index contributed by atoms with van der Waals surface area (Å²) in [5, 5.41) is 0. The van der Waals surface area contributed by atoms with Crippen LogP contribution >= 0.6 is 0 Å². The van der Waals surface area contributed by atoms with E-state index in [1.54, 1.807) is 0 Å². The third kappa shape index (κ3) is 3.15. The van der Waals surface area contributed by atoms with Crippen LogP contribution in [0.15, 0.2) is 146 Å². The molecule has 1 spiro atoms. The first kappa shape index (κ1) is 23.0. The van der Waals surface area contributed by atoms with Gasteiger partial charge in [-0.15, -0.1) is 0 Å². The predicted octanol–water partition coefficient (Wildman–Crippen LogP) is 9.39. The number of para-hydroxylation sites is 1. The van der Waals surface area contributed by atoms with Crippen LogP contribution in [0.3, 0.4) is 0 Å². The van der Waals surface area contributed by atoms with E-state index >= 15 is 0 Å². The molecule has 0 radical (unpaired) electrons. The second-order valence-corrected chi connectivity index (χ2v) is 11.0. The Balaban J connectivity index is 1.38. The molecule has 40 heavy (non-hydrogen) atoms. The minimum Gasteiger partial charge on any atom is -0.344 e. The lowest BCUT2D eigenvalue weighted by molar-refractivity contribution is 0.722. The van der Waals surface area contributed by atoms with Gasteiger partial charge in [0.25, 0.3) is 0 Å². The molecule has 6 aromatic carbocycles. The van der Waals surface area contributed by atoms with Crippen molar-refractivity contribution in [1.82, 2.24) is 0 Å². The molecule has 0 heterocycles. The molecule has 2 aliphatic carbocycles. The van der Waals surface area contributed by atoms with Gasteiger partial charge in [0.15, 0.2) is 0 Å². The Bertz CT molecular complexity index is 1850. The van der Waals surface area contributed by atoms with Gasteiger partial charge in [0, 0.05) is 24.0 Å². The van der Waals surface area contributed by atoms with E-state index in [1.807, 2.05) is 0 Å². The van der Waals surface area contributed by atoms with Crippen LogP contribution in [0.4, 0.5) is 11.4 Å². The molecule has 1 nitrogen and oxygen atoms in total. The summed E-state index contributed by atoms with van der Waals surface area (Å²) in [5.41, 5.74) is 15.6. The molecular weight excluding hydrogens is 482 g/mol. The van der Waals surface area contributed by atoms with Crippen LogP contribution in [0, 0.1) is 0 Å². The molecule has 0 atom stereocenters. The largest absolute Gasteiger partial charge is 0.344 e. The van der Waals surface area contributed by atoms with Crippen molar-refractivity contribution in [3.8, 4) is 22.3 Å². The Labute approximate surface area is 236 Å². The Morgan fingerprint density at radius 2 is 1.02 bits per heavy atom. The van der Waals surface area contributed by atoms with Gasteiger partial charge >= 0.3 is 0 Å². The van der Waals surface area contributed by atoms with Gasteiger partial charge in [-0.3, -0.25) is 0 Å². The Morgan fingerprint density at radius 1 is 0.475 bits per heavy atom. The van der Waals surface area contributed by atoms with Crippen LogP contribution in [-0.2, 0) is 11.8 Å². The third-order valence-corrected chi connectivity index (χ3v) is 8.99. The highest BCUT2D eigenvalue weighted by Gasteiger charge is 2.49. The third-order valence-electron chi connectivity index (χ3n) is 8.99. The van der Waals surface area contributed by atoms with Crippen molar-refractivity contribution in [2.45, 2.75) is 11.8 Å². The van der Waals surface area contributed by atoms with E-state index in [2.05, 4.69) is 158 Å². The molecule has 2 aliphatic rings. The number of hydrogen-bond donors (Lipinski definition) is 0. The lowest BCUT2D eigenvalue weighted by Crippen LogP contribution is -2.34. The zero-order valence-electron chi connectivity index (χ0n) is 22.5. The van der Waals surface area contributed by atoms with E-state index in [4.69, 9.17) is 0 Å². The SMILES string of the molecule is CN(c1ccc2c(c1)C1(c3ccccc3C2)c2ccccc2-c2ccccc21)c1ccccc1-c1ccccc1. The highest BCUT2D eigenvalue weighted by molar-refractivity contribution is 5.89. The fourth-order valence-electron chi connectivity index (χ4n) is 7.25. The molecule has 0 saturated carbocycles. The fraction of sp³-hybridized carbons (Fsp3) is 0.0769. The van der Waals surface area contributed by atoms with Crippen LogP contribution in [0.1, 0.15) is 33.4 Å². The second kappa shape index (κ2) is 8.83. The number of fused-ring (bicyclic) bond motifs is 9. The summed E-state index contributed by atoms with van der Waals surface area (Å²) >= 11 is 0. The Hall–Kier alpha value is -4.88. The quantitative estimate of drug-likeness (QED) is 0.228. The van der Waals surface area contributed by atoms with Crippen LogP contribution in [0.5, 0.6) is 0 Å². The second-order valence-electron chi connectivity index (χ2n) is 11.0. The Morgan fingerprint density at radius 3 is 1.75 bits per heavy atom. The number of benzene rings is 6. The van der Waals surface area contributed by atoms with Gasteiger partial charge in [-0.25, -0.2) is 0 Å². The maximum Gasteiger partial charge on any atom is 0.0719 e. The van der Waals surface area contributed by atoms with Crippen molar-refractivity contribution in [3.05, 3.63) is 179 Å². The summed E-state index contributed by atoms with van der Waals surface area (Å²) in [7, 11) is 2.20. The van der Waals surface area contributed by atoms with Crippen LogP contribution < -0.4 is 4.90 Å². The monoisotopic (exact) mass is 511 g/mol. The van der Waals surface area contributed by atoms with Crippen molar-refractivity contribution in [2.75, 3.05) is 11.9 Å². The molecule has 0 amide bonds. The lowest BCUT2D eigenvalue weighted by atomic mass is 9.61. The summed E-state index contributed by atoms with van der Waals surface area (Å²) in [6.45, 7) is 0. The Kier molecular flexibility index (Phi) is 5.09. The van der Waals surface area contributed by atoms with E-state index in [0.717, 1.165) is 6.42 Å². The normalized spacial score (nSPS) is 13.7. The summed E-state index contributed by atoms with van der Waals surface area (Å²) in [6, 6.07) is 53.7. The summed E-state index contributed by atoms with van der Waals surface area (Å²) in [4.78, 5) is 2.35. The molecule has 0 N–H and O–H groups in total. The van der Waals surface area contributed by atoms with Crippen molar-refractivity contribution < 1.29 is 0 Å². The fourth-order valence-corrected chi connectivity index (χ4v) is 7.25. The lowest BCUT2D eigenvalue weighted by Gasteiger charge is -2.41. The molecule has 190 valence electrons. The topological polar surface area (TPSA) is 3.24 Å². The first-order valence-electron chi connectivity index (χ1n) is 14.1. The minimum absolute atomic E-state index is 0.340. The van der Waals surface area contributed by atoms with Gasteiger partial charge in [-0.05, 0) is 74.7 Å². The molecular formula is C39H29N. The first-order chi connectivity index (χ1) is 19.8. The van der Waals surface area contributed by atoms with Gasteiger partial charge < -0.3 is 4.90 Å². The standard InChI is InChI=1S/C39H29N/c1-40(38-22-12-8-16-31(38)27-13-3-2-4-14-27)30-24-23-29-25-28-15-5-9-19-34(28)39(37(29)26-30)35-20-10-6-17-32(35)33-18-7-11-21-36(33)39/h2-24,26H,25H2,1H3. The minimum atomic E-state index is -0.340. The van der Waals surface area contributed by atoms with E-state index in [-0.39, 0.29) is 5.41 Å². The van der Waals surface area contributed by atoms with Gasteiger partial charge in [0.1, 0.15) is 0 Å². The van der Waals surface area contributed by atoms with Crippen molar-refractivity contribution in [3.63, 3.8) is 0 Å². The van der Waals surface area contributed by atoms with E-state index < -0.39 is 0 Å². The zero-order valence-corrected chi connectivity index (χ0v) is 22.5. The molecule has 0 bridgehead atoms. The molecule has 8 rings (SSSR count). The zero-order chi connectivity index (χ0) is 26.7. The molecule has 0 unspecified atom stereocenters. The van der Waals surface area contributed by atoms with Gasteiger partial charge in [-0.2, -0.15) is 0 Å². The molecule has 0 saturated heterocycles. The molecule has 1 heteroatoms. The predicted molar refractivity (Wildman–Crippen MR) is 166 cm³/mol. The molecule has 0 aliphatic heterocycles. The number of hydrogen-bond acceptors (Lipinski definition) is 1. The number of rotatable bonds is 3. The van der Waals surface area contributed by atoms with Crippen LogP contribution in [0.25, 0.3) is 22.3 Å². The smallest absolute Gasteiger partial charge is 0.0719 e. The molecule has 6 aromatic rings. The average Bonchev–Trinajstić information content (AvgIpc) is 3.32. The van der Waals surface area contributed by atoms with Crippen molar-refractivity contribution in [2.24, 2.45) is 0 Å². The maximum absolute atomic E-state index is 2.46.